The molecular formula is C22H33N3. The highest BCUT2D eigenvalue weighted by molar-refractivity contribution is 5.67. The summed E-state index contributed by atoms with van der Waals surface area (Å²) in [6.07, 6.45) is 6.89. The van der Waals surface area contributed by atoms with Crippen molar-refractivity contribution in [2.45, 2.75) is 34.1 Å². The van der Waals surface area contributed by atoms with Crippen molar-refractivity contribution in [3.63, 3.8) is 0 Å². The first-order valence-corrected chi connectivity index (χ1v) is 8.96. The molecule has 0 fully saturated rings. The Hall–Kier alpha value is -2.29. The van der Waals surface area contributed by atoms with Gasteiger partial charge in [0.15, 0.2) is 0 Å². The lowest BCUT2D eigenvalue weighted by molar-refractivity contribution is 0.304. The molecule has 3 heteroatoms. The van der Waals surface area contributed by atoms with Gasteiger partial charge in [0.05, 0.1) is 5.70 Å². The van der Waals surface area contributed by atoms with Crippen molar-refractivity contribution in [1.29, 1.82) is 0 Å². The zero-order valence-electron chi connectivity index (χ0n) is 16.3. The molecule has 1 rings (SSSR count). The second-order valence-electron chi connectivity index (χ2n) is 6.95. The van der Waals surface area contributed by atoms with Crippen LogP contribution < -0.4 is 10.7 Å². The number of benzene rings is 1. The third-order valence-corrected chi connectivity index (χ3v) is 4.75. The zero-order chi connectivity index (χ0) is 18.8. The van der Waals surface area contributed by atoms with E-state index in [9.17, 15) is 0 Å². The van der Waals surface area contributed by atoms with E-state index >= 15 is 0 Å². The van der Waals surface area contributed by atoms with Gasteiger partial charge in [-0.2, -0.15) is 5.10 Å². The smallest absolute Gasteiger partial charge is 0.0562 e. The van der Waals surface area contributed by atoms with Crippen LogP contribution >= 0.6 is 0 Å². The van der Waals surface area contributed by atoms with Crippen molar-refractivity contribution in [3.05, 3.63) is 60.3 Å². The Morgan fingerprint density at radius 1 is 1.20 bits per heavy atom. The number of rotatable bonds is 10. The number of hydrogen-bond acceptors (Lipinski definition) is 3. The molecule has 0 aromatic heterocycles. The zero-order valence-corrected chi connectivity index (χ0v) is 16.3. The van der Waals surface area contributed by atoms with Crippen molar-refractivity contribution in [3.8, 4) is 0 Å². The Labute approximate surface area is 153 Å². The van der Waals surface area contributed by atoms with Gasteiger partial charge >= 0.3 is 0 Å². The van der Waals surface area contributed by atoms with Gasteiger partial charge in [0.2, 0.25) is 0 Å². The molecule has 2 atom stereocenters. The normalized spacial score (nSPS) is 14.0. The highest BCUT2D eigenvalue weighted by Gasteiger charge is 2.14. The van der Waals surface area contributed by atoms with Gasteiger partial charge in [0, 0.05) is 19.0 Å². The van der Waals surface area contributed by atoms with Crippen LogP contribution in [0.5, 0.6) is 0 Å². The van der Waals surface area contributed by atoms with E-state index in [0.29, 0.717) is 17.8 Å². The molecule has 0 aliphatic rings. The first-order chi connectivity index (χ1) is 11.8. The molecule has 0 aliphatic carbocycles. The summed E-state index contributed by atoms with van der Waals surface area (Å²) in [5.74, 6) is 2.00. The molecule has 1 aromatic carbocycles. The van der Waals surface area contributed by atoms with Gasteiger partial charge in [-0.25, -0.2) is 0 Å². The molecule has 0 aliphatic heterocycles. The number of likely N-dealkylation sites (N-methyl/N-ethyl adjacent to an activating group) is 1. The predicted octanol–water partition coefficient (Wildman–Crippen LogP) is 5.30. The van der Waals surface area contributed by atoms with Crippen molar-refractivity contribution in [1.82, 2.24) is 10.7 Å². The van der Waals surface area contributed by atoms with E-state index in [-0.39, 0.29) is 0 Å². The van der Waals surface area contributed by atoms with Crippen LogP contribution in [0, 0.1) is 17.8 Å². The fourth-order valence-corrected chi connectivity index (χ4v) is 2.39. The van der Waals surface area contributed by atoms with E-state index in [0.717, 1.165) is 28.9 Å². The molecule has 0 radical (unpaired) electrons. The first kappa shape index (κ1) is 20.8. The van der Waals surface area contributed by atoms with Crippen molar-refractivity contribution in [2.24, 2.45) is 22.9 Å². The first-order valence-electron chi connectivity index (χ1n) is 8.96. The van der Waals surface area contributed by atoms with Gasteiger partial charge in [0.25, 0.3) is 0 Å². The number of nitrogens with one attached hydrogen (secondary N) is 2. The second-order valence-corrected chi connectivity index (χ2v) is 6.95. The standard InChI is InChI=1S/C22H33N3/c1-16(2)19(5)17(3)13-14-24-25-20(6)22-10-8-9-21(15-22)12-11-18(4)23-7/h8-12,14-17,19,23,25H,4,6,13H2,1-3,5,7H3/b12-11+,24-14+/t17-,19?/m0/s1. The Morgan fingerprint density at radius 2 is 1.92 bits per heavy atom. The summed E-state index contributed by atoms with van der Waals surface area (Å²) >= 11 is 0. The fourth-order valence-electron chi connectivity index (χ4n) is 2.39. The molecule has 0 bridgehead atoms. The fraction of sp³-hybridized carbons (Fsp3) is 0.409. The SMILES string of the molecule is C=C(/C=C/c1cccc(C(=C)N/N=C/C[C@H](C)C(C)C(C)C)c1)NC. The lowest BCUT2D eigenvalue weighted by atomic mass is 9.85. The topological polar surface area (TPSA) is 36.4 Å². The molecule has 136 valence electrons. The van der Waals surface area contributed by atoms with E-state index < -0.39 is 0 Å². The summed E-state index contributed by atoms with van der Waals surface area (Å²) in [5, 5.41) is 7.33. The maximum atomic E-state index is 4.33. The largest absolute Gasteiger partial charge is 0.389 e. The van der Waals surface area contributed by atoms with Crippen LogP contribution in [0.2, 0.25) is 0 Å². The van der Waals surface area contributed by atoms with E-state index in [1.807, 2.05) is 37.5 Å². The maximum absolute atomic E-state index is 4.33. The minimum atomic E-state index is 0.618. The second kappa shape index (κ2) is 10.5. The third kappa shape index (κ3) is 7.42. The average molecular weight is 340 g/mol. The number of nitrogens with zero attached hydrogens (tertiary/aromatic N) is 1. The van der Waals surface area contributed by atoms with Crippen LogP contribution in [0.25, 0.3) is 11.8 Å². The maximum Gasteiger partial charge on any atom is 0.0562 e. The van der Waals surface area contributed by atoms with Gasteiger partial charge in [-0.15, -0.1) is 0 Å². The van der Waals surface area contributed by atoms with E-state index in [1.54, 1.807) is 0 Å². The molecule has 3 nitrogen and oxygen atoms in total. The minimum absolute atomic E-state index is 0.618. The highest BCUT2D eigenvalue weighted by atomic mass is 15.3. The Balaban J connectivity index is 2.59. The monoisotopic (exact) mass is 339 g/mol. The van der Waals surface area contributed by atoms with Crippen molar-refractivity contribution in [2.75, 3.05) is 7.05 Å². The van der Waals surface area contributed by atoms with Crippen molar-refractivity contribution >= 4 is 18.0 Å². The van der Waals surface area contributed by atoms with Crippen LogP contribution in [0.3, 0.4) is 0 Å². The van der Waals surface area contributed by atoms with Gasteiger partial charge in [-0.3, -0.25) is 5.43 Å². The van der Waals surface area contributed by atoms with Gasteiger partial charge in [0.1, 0.15) is 0 Å². The quantitative estimate of drug-likeness (QED) is 0.345. The molecule has 25 heavy (non-hydrogen) atoms. The van der Waals surface area contributed by atoms with Crippen molar-refractivity contribution < 1.29 is 0 Å². The lowest BCUT2D eigenvalue weighted by Crippen LogP contribution is -2.15. The summed E-state index contributed by atoms with van der Waals surface area (Å²) in [4.78, 5) is 0. The molecule has 1 aromatic rings. The van der Waals surface area contributed by atoms with Crippen LogP contribution in [-0.2, 0) is 0 Å². The molecule has 0 saturated carbocycles. The summed E-state index contributed by atoms with van der Waals surface area (Å²) in [6.45, 7) is 17.1. The predicted molar refractivity (Wildman–Crippen MR) is 112 cm³/mol. The third-order valence-electron chi connectivity index (χ3n) is 4.75. The van der Waals surface area contributed by atoms with E-state index in [1.165, 1.54) is 0 Å². The summed E-state index contributed by atoms with van der Waals surface area (Å²) in [5.41, 5.74) is 6.84. The van der Waals surface area contributed by atoms with Crippen LogP contribution in [0.1, 0.15) is 45.2 Å². The molecular weight excluding hydrogens is 306 g/mol. The summed E-state index contributed by atoms with van der Waals surface area (Å²) in [7, 11) is 1.86. The molecule has 2 N–H and O–H groups in total. The Bertz CT molecular complexity index is 626. The highest BCUT2D eigenvalue weighted by Crippen LogP contribution is 2.21. The molecule has 0 saturated heterocycles. The van der Waals surface area contributed by atoms with Crippen LogP contribution in [0.4, 0.5) is 0 Å². The molecule has 0 amide bonds. The molecule has 0 heterocycles. The van der Waals surface area contributed by atoms with Crippen LogP contribution in [-0.4, -0.2) is 13.3 Å². The Morgan fingerprint density at radius 3 is 2.56 bits per heavy atom. The van der Waals surface area contributed by atoms with Crippen LogP contribution in [0.15, 0.2) is 54.3 Å². The number of hydrazone groups is 1. The molecule has 1 unspecified atom stereocenters. The van der Waals surface area contributed by atoms with Gasteiger partial charge < -0.3 is 5.32 Å². The lowest BCUT2D eigenvalue weighted by Gasteiger charge is -2.21. The van der Waals surface area contributed by atoms with E-state index in [2.05, 4.69) is 68.8 Å². The summed E-state index contributed by atoms with van der Waals surface area (Å²) < 4.78 is 0. The molecule has 0 spiro atoms. The van der Waals surface area contributed by atoms with Gasteiger partial charge in [-0.05, 0) is 47.4 Å². The Kier molecular flexibility index (Phi) is 8.76. The number of allylic oxidation sites excluding steroid dienone is 1. The summed E-state index contributed by atoms with van der Waals surface area (Å²) in [6, 6.07) is 8.17. The average Bonchev–Trinajstić information content (AvgIpc) is 2.62. The number of hydrogen-bond donors (Lipinski definition) is 2. The minimum Gasteiger partial charge on any atom is -0.389 e. The van der Waals surface area contributed by atoms with Gasteiger partial charge in [-0.1, -0.05) is 65.1 Å². The van der Waals surface area contributed by atoms with E-state index in [4.69, 9.17) is 0 Å².